The van der Waals surface area contributed by atoms with Gasteiger partial charge in [0.2, 0.25) is 0 Å². The number of methoxy groups -OCH3 is 1. The minimum absolute atomic E-state index is 0.0599. The lowest BCUT2D eigenvalue weighted by Gasteiger charge is -2.25. The lowest BCUT2D eigenvalue weighted by molar-refractivity contribution is -0.140. The standard InChI is InChI=1S/C28H33NO6/c1-4-5-6-14-34-22-10-7-19(8-11-22)25-24(27(31)28(32)29(25)13-15-33-3)26(30)20-9-12-23-21(17-20)16-18(2)35-23/h7-12,17-18,25,30H,4-6,13-16H2,1-3H3/t18-,25+/m0/s1. The van der Waals surface area contributed by atoms with E-state index in [1.165, 1.54) is 4.90 Å². The summed E-state index contributed by atoms with van der Waals surface area (Å²) < 4.78 is 16.7. The highest BCUT2D eigenvalue weighted by molar-refractivity contribution is 6.46. The number of aliphatic hydroxyl groups excluding tert-OH is 1. The molecule has 2 atom stereocenters. The van der Waals surface area contributed by atoms with Crippen LogP contribution in [0.5, 0.6) is 11.5 Å². The topological polar surface area (TPSA) is 85.3 Å². The Labute approximate surface area is 206 Å². The van der Waals surface area contributed by atoms with Crippen LogP contribution in [0.3, 0.4) is 0 Å². The molecule has 7 nitrogen and oxygen atoms in total. The van der Waals surface area contributed by atoms with Crippen molar-refractivity contribution in [2.45, 2.75) is 51.7 Å². The molecule has 1 amide bonds. The summed E-state index contributed by atoms with van der Waals surface area (Å²) in [7, 11) is 1.55. The number of carbonyl (C=O) groups excluding carboxylic acids is 2. The molecule has 0 unspecified atom stereocenters. The maximum absolute atomic E-state index is 13.1. The normalized spacial score (nSPS) is 20.7. The molecule has 1 fully saturated rings. The fourth-order valence-electron chi connectivity index (χ4n) is 4.66. The van der Waals surface area contributed by atoms with Gasteiger partial charge in [-0.05, 0) is 54.8 Å². The van der Waals surface area contributed by atoms with Crippen LogP contribution < -0.4 is 9.47 Å². The van der Waals surface area contributed by atoms with Crippen molar-refractivity contribution in [3.05, 3.63) is 64.7 Å². The van der Waals surface area contributed by atoms with Crippen LogP contribution in [0, 0.1) is 0 Å². The van der Waals surface area contributed by atoms with Crippen molar-refractivity contribution in [3.8, 4) is 11.5 Å². The Kier molecular flexibility index (Phi) is 7.76. The van der Waals surface area contributed by atoms with Crippen LogP contribution in [0.2, 0.25) is 0 Å². The molecule has 2 aromatic carbocycles. The van der Waals surface area contributed by atoms with Crippen molar-refractivity contribution in [2.75, 3.05) is 26.9 Å². The van der Waals surface area contributed by atoms with Gasteiger partial charge in [0.05, 0.1) is 24.8 Å². The third-order valence-electron chi connectivity index (χ3n) is 6.46. The van der Waals surface area contributed by atoms with Gasteiger partial charge in [-0.25, -0.2) is 0 Å². The van der Waals surface area contributed by atoms with E-state index in [0.29, 0.717) is 12.2 Å². The van der Waals surface area contributed by atoms with E-state index in [4.69, 9.17) is 14.2 Å². The quantitative estimate of drug-likeness (QED) is 0.231. The van der Waals surface area contributed by atoms with E-state index in [0.717, 1.165) is 48.3 Å². The predicted molar refractivity (Wildman–Crippen MR) is 133 cm³/mol. The molecular formula is C28H33NO6. The summed E-state index contributed by atoms with van der Waals surface area (Å²) in [5.41, 5.74) is 2.26. The Bertz CT molecular complexity index is 1110. The number of nitrogens with zero attached hydrogens (tertiary/aromatic N) is 1. The third kappa shape index (κ3) is 5.20. The summed E-state index contributed by atoms with van der Waals surface area (Å²) in [5.74, 6) is -0.0251. The molecule has 2 aliphatic heterocycles. The molecule has 186 valence electrons. The summed E-state index contributed by atoms with van der Waals surface area (Å²) >= 11 is 0. The van der Waals surface area contributed by atoms with Gasteiger partial charge in [0.15, 0.2) is 0 Å². The first-order valence-corrected chi connectivity index (χ1v) is 12.2. The number of ether oxygens (including phenoxy) is 3. The van der Waals surface area contributed by atoms with E-state index in [1.807, 2.05) is 37.3 Å². The number of ketones is 1. The van der Waals surface area contributed by atoms with Gasteiger partial charge in [-0.1, -0.05) is 31.9 Å². The molecular weight excluding hydrogens is 446 g/mol. The molecule has 0 radical (unpaired) electrons. The average Bonchev–Trinajstić information content (AvgIpc) is 3.36. The number of rotatable bonds is 10. The Hall–Kier alpha value is -3.32. The van der Waals surface area contributed by atoms with E-state index in [-0.39, 0.29) is 30.6 Å². The number of fused-ring (bicyclic) bond motifs is 1. The molecule has 0 saturated carbocycles. The molecule has 1 N–H and O–H groups in total. The van der Waals surface area contributed by atoms with Gasteiger partial charge in [0.1, 0.15) is 23.4 Å². The number of hydrogen-bond donors (Lipinski definition) is 1. The van der Waals surface area contributed by atoms with Crippen molar-refractivity contribution in [1.29, 1.82) is 0 Å². The van der Waals surface area contributed by atoms with Crippen molar-refractivity contribution in [1.82, 2.24) is 4.90 Å². The highest BCUT2D eigenvalue weighted by Gasteiger charge is 2.46. The number of Topliss-reactive ketones (excluding diaryl/α,β-unsaturated/α-hetero) is 1. The number of amides is 1. The zero-order chi connectivity index (χ0) is 24.9. The zero-order valence-electron chi connectivity index (χ0n) is 20.6. The van der Waals surface area contributed by atoms with E-state index in [1.54, 1.807) is 19.2 Å². The molecule has 0 bridgehead atoms. The van der Waals surface area contributed by atoms with Crippen molar-refractivity contribution in [3.63, 3.8) is 0 Å². The van der Waals surface area contributed by atoms with Crippen molar-refractivity contribution < 1.29 is 28.9 Å². The molecule has 0 aliphatic carbocycles. The summed E-state index contributed by atoms with van der Waals surface area (Å²) in [6, 6.07) is 12.0. The van der Waals surface area contributed by atoms with Crippen LogP contribution in [0.1, 0.15) is 55.8 Å². The number of aliphatic hydroxyl groups is 1. The predicted octanol–water partition coefficient (Wildman–Crippen LogP) is 4.65. The molecule has 7 heteroatoms. The molecule has 2 aromatic rings. The molecule has 2 heterocycles. The second-order valence-electron chi connectivity index (χ2n) is 9.06. The molecule has 35 heavy (non-hydrogen) atoms. The van der Waals surface area contributed by atoms with Crippen LogP contribution in [-0.2, 0) is 20.7 Å². The minimum atomic E-state index is -0.720. The minimum Gasteiger partial charge on any atom is -0.507 e. The van der Waals surface area contributed by atoms with E-state index in [9.17, 15) is 14.7 Å². The van der Waals surface area contributed by atoms with Crippen LogP contribution in [0.15, 0.2) is 48.0 Å². The molecule has 2 aliphatic rings. The van der Waals surface area contributed by atoms with Crippen LogP contribution in [-0.4, -0.2) is 54.7 Å². The Balaban J connectivity index is 1.69. The molecule has 0 aromatic heterocycles. The van der Waals surface area contributed by atoms with Crippen molar-refractivity contribution >= 4 is 17.4 Å². The fourth-order valence-corrected chi connectivity index (χ4v) is 4.66. The van der Waals surface area contributed by atoms with E-state index < -0.39 is 17.7 Å². The van der Waals surface area contributed by atoms with Gasteiger partial charge in [0, 0.05) is 25.6 Å². The number of benzene rings is 2. The molecule has 1 saturated heterocycles. The number of hydrogen-bond acceptors (Lipinski definition) is 6. The van der Waals surface area contributed by atoms with Gasteiger partial charge < -0.3 is 24.2 Å². The summed E-state index contributed by atoms with van der Waals surface area (Å²) in [5, 5.41) is 11.3. The zero-order valence-corrected chi connectivity index (χ0v) is 20.6. The number of unbranched alkanes of at least 4 members (excludes halogenated alkanes) is 2. The Morgan fingerprint density at radius 3 is 2.60 bits per heavy atom. The lowest BCUT2D eigenvalue weighted by atomic mass is 9.94. The molecule has 4 rings (SSSR count). The molecule has 0 spiro atoms. The summed E-state index contributed by atoms with van der Waals surface area (Å²) in [6.45, 7) is 5.27. The monoisotopic (exact) mass is 479 g/mol. The first-order valence-electron chi connectivity index (χ1n) is 12.2. The van der Waals surface area contributed by atoms with Crippen LogP contribution in [0.4, 0.5) is 0 Å². The fraction of sp³-hybridized carbons (Fsp3) is 0.429. The lowest BCUT2D eigenvalue weighted by Crippen LogP contribution is -2.32. The largest absolute Gasteiger partial charge is 0.507 e. The second-order valence-corrected chi connectivity index (χ2v) is 9.06. The number of carbonyl (C=O) groups is 2. The summed E-state index contributed by atoms with van der Waals surface area (Å²) in [6.07, 6.45) is 4.00. The van der Waals surface area contributed by atoms with Gasteiger partial charge >= 0.3 is 0 Å². The van der Waals surface area contributed by atoms with Crippen molar-refractivity contribution in [2.24, 2.45) is 0 Å². The highest BCUT2D eigenvalue weighted by Crippen LogP contribution is 2.40. The first kappa shape index (κ1) is 24.8. The maximum Gasteiger partial charge on any atom is 0.295 e. The van der Waals surface area contributed by atoms with Crippen LogP contribution in [0.25, 0.3) is 5.76 Å². The summed E-state index contributed by atoms with van der Waals surface area (Å²) in [4.78, 5) is 27.6. The second kappa shape index (κ2) is 11.0. The van der Waals surface area contributed by atoms with Gasteiger partial charge in [-0.3, -0.25) is 9.59 Å². The maximum atomic E-state index is 13.1. The van der Waals surface area contributed by atoms with E-state index in [2.05, 4.69) is 6.92 Å². The van der Waals surface area contributed by atoms with Crippen LogP contribution >= 0.6 is 0 Å². The number of likely N-dealkylation sites (tertiary alicyclic amines) is 1. The SMILES string of the molecule is CCCCCOc1ccc([C@@H]2C(=C(O)c3ccc4c(c3)C[C@H](C)O4)C(=O)C(=O)N2CCOC)cc1. The smallest absolute Gasteiger partial charge is 0.295 e. The Morgan fingerprint density at radius 2 is 1.89 bits per heavy atom. The Morgan fingerprint density at radius 1 is 1.11 bits per heavy atom. The highest BCUT2D eigenvalue weighted by atomic mass is 16.5. The van der Waals surface area contributed by atoms with Gasteiger partial charge in [-0.2, -0.15) is 0 Å². The first-order chi connectivity index (χ1) is 16.9. The van der Waals surface area contributed by atoms with E-state index >= 15 is 0 Å². The average molecular weight is 480 g/mol. The third-order valence-corrected chi connectivity index (χ3v) is 6.46. The van der Waals surface area contributed by atoms with Gasteiger partial charge in [-0.15, -0.1) is 0 Å². The van der Waals surface area contributed by atoms with Gasteiger partial charge in [0.25, 0.3) is 11.7 Å².